The van der Waals surface area contributed by atoms with Crippen LogP contribution in [0.3, 0.4) is 0 Å². The highest BCUT2D eigenvalue weighted by Crippen LogP contribution is 2.18. The molecule has 0 aromatic heterocycles. The SMILES string of the molecule is COc1cccc(NC(=O)c2ccc(F)c(C=O)c2)c1. The van der Waals surface area contributed by atoms with Gasteiger partial charge in [0.25, 0.3) is 5.91 Å². The fourth-order valence-corrected chi connectivity index (χ4v) is 1.68. The van der Waals surface area contributed by atoms with Crippen LogP contribution in [0.5, 0.6) is 5.75 Å². The molecule has 0 spiro atoms. The summed E-state index contributed by atoms with van der Waals surface area (Å²) in [5.41, 5.74) is 0.603. The Morgan fingerprint density at radius 2 is 2.05 bits per heavy atom. The predicted octanol–water partition coefficient (Wildman–Crippen LogP) is 2.90. The lowest BCUT2D eigenvalue weighted by molar-refractivity contribution is 0.102. The van der Waals surface area contributed by atoms with Gasteiger partial charge in [0, 0.05) is 17.3 Å². The minimum absolute atomic E-state index is 0.150. The molecule has 0 fully saturated rings. The summed E-state index contributed by atoms with van der Waals surface area (Å²) < 4.78 is 18.2. The van der Waals surface area contributed by atoms with E-state index in [9.17, 15) is 14.0 Å². The summed E-state index contributed by atoms with van der Waals surface area (Å²) in [6.07, 6.45) is 0.373. The van der Waals surface area contributed by atoms with Gasteiger partial charge in [0.2, 0.25) is 0 Å². The van der Waals surface area contributed by atoms with Crippen molar-refractivity contribution in [2.45, 2.75) is 0 Å². The summed E-state index contributed by atoms with van der Waals surface area (Å²) in [4.78, 5) is 22.7. The number of methoxy groups -OCH3 is 1. The summed E-state index contributed by atoms with van der Waals surface area (Å²) in [5.74, 6) is -0.477. The van der Waals surface area contributed by atoms with Crippen molar-refractivity contribution in [2.24, 2.45) is 0 Å². The van der Waals surface area contributed by atoms with Crippen LogP contribution in [0.4, 0.5) is 10.1 Å². The Labute approximate surface area is 115 Å². The molecular weight excluding hydrogens is 261 g/mol. The topological polar surface area (TPSA) is 55.4 Å². The van der Waals surface area contributed by atoms with Crippen LogP contribution < -0.4 is 10.1 Å². The number of anilines is 1. The molecule has 20 heavy (non-hydrogen) atoms. The molecule has 0 saturated heterocycles. The van der Waals surface area contributed by atoms with E-state index in [1.807, 2.05) is 0 Å². The summed E-state index contributed by atoms with van der Waals surface area (Å²) in [7, 11) is 1.53. The maximum absolute atomic E-state index is 13.2. The van der Waals surface area contributed by atoms with Crippen molar-refractivity contribution in [2.75, 3.05) is 12.4 Å². The minimum atomic E-state index is -0.655. The lowest BCUT2D eigenvalue weighted by Crippen LogP contribution is -2.12. The summed E-state index contributed by atoms with van der Waals surface area (Å²) >= 11 is 0. The van der Waals surface area contributed by atoms with Gasteiger partial charge < -0.3 is 10.1 Å². The minimum Gasteiger partial charge on any atom is -0.497 e. The number of amides is 1. The first-order valence-electron chi connectivity index (χ1n) is 5.84. The third kappa shape index (κ3) is 3.00. The molecule has 1 N–H and O–H groups in total. The maximum Gasteiger partial charge on any atom is 0.255 e. The molecule has 102 valence electrons. The lowest BCUT2D eigenvalue weighted by Gasteiger charge is -2.07. The lowest BCUT2D eigenvalue weighted by atomic mass is 10.1. The van der Waals surface area contributed by atoms with Gasteiger partial charge >= 0.3 is 0 Å². The molecular formula is C15H12FNO3. The molecule has 2 aromatic rings. The average molecular weight is 273 g/mol. The van der Waals surface area contributed by atoms with E-state index in [4.69, 9.17) is 4.74 Å². The molecule has 2 aromatic carbocycles. The Hall–Kier alpha value is -2.69. The summed E-state index contributed by atoms with van der Waals surface area (Å²) in [5, 5.41) is 2.65. The van der Waals surface area contributed by atoms with Gasteiger partial charge in [-0.1, -0.05) is 6.07 Å². The number of hydrogen-bond donors (Lipinski definition) is 1. The zero-order valence-electron chi connectivity index (χ0n) is 10.7. The number of carbonyl (C=O) groups excluding carboxylic acids is 2. The van der Waals surface area contributed by atoms with E-state index >= 15 is 0 Å². The number of benzene rings is 2. The summed E-state index contributed by atoms with van der Waals surface area (Å²) in [6, 6.07) is 10.4. The molecule has 5 heteroatoms. The highest BCUT2D eigenvalue weighted by atomic mass is 19.1. The first kappa shape index (κ1) is 13.7. The number of ether oxygens (including phenoxy) is 1. The molecule has 4 nitrogen and oxygen atoms in total. The molecule has 0 unspecified atom stereocenters. The van der Waals surface area contributed by atoms with E-state index in [2.05, 4.69) is 5.32 Å². The Balaban J connectivity index is 2.21. The molecule has 0 aliphatic carbocycles. The van der Waals surface area contributed by atoms with Crippen molar-refractivity contribution in [1.82, 2.24) is 0 Å². The van der Waals surface area contributed by atoms with Crippen molar-refractivity contribution < 1.29 is 18.7 Å². The first-order valence-corrected chi connectivity index (χ1v) is 5.84. The van der Waals surface area contributed by atoms with Crippen LogP contribution in [-0.2, 0) is 0 Å². The van der Waals surface area contributed by atoms with Gasteiger partial charge in [0.15, 0.2) is 6.29 Å². The number of hydrogen-bond acceptors (Lipinski definition) is 3. The molecule has 1 amide bonds. The molecule has 0 heterocycles. The van der Waals surface area contributed by atoms with Crippen LogP contribution in [0.2, 0.25) is 0 Å². The quantitative estimate of drug-likeness (QED) is 0.871. The van der Waals surface area contributed by atoms with E-state index in [1.165, 1.54) is 19.2 Å². The number of rotatable bonds is 4. The summed E-state index contributed by atoms with van der Waals surface area (Å²) in [6.45, 7) is 0. The molecule has 0 radical (unpaired) electrons. The normalized spacial score (nSPS) is 9.90. The molecule has 0 bridgehead atoms. The molecule has 0 atom stereocenters. The maximum atomic E-state index is 13.2. The van der Waals surface area contributed by atoms with E-state index in [0.29, 0.717) is 17.7 Å². The Morgan fingerprint density at radius 1 is 1.25 bits per heavy atom. The fourth-order valence-electron chi connectivity index (χ4n) is 1.68. The van der Waals surface area contributed by atoms with Crippen molar-refractivity contribution in [3.8, 4) is 5.75 Å². The van der Waals surface area contributed by atoms with Gasteiger partial charge in [-0.25, -0.2) is 4.39 Å². The van der Waals surface area contributed by atoms with Crippen LogP contribution in [0.25, 0.3) is 0 Å². The van der Waals surface area contributed by atoms with Crippen molar-refractivity contribution in [1.29, 1.82) is 0 Å². The van der Waals surface area contributed by atoms with Crippen molar-refractivity contribution >= 4 is 17.9 Å². The Kier molecular flexibility index (Phi) is 4.10. The third-order valence-electron chi connectivity index (χ3n) is 2.71. The van der Waals surface area contributed by atoms with Crippen LogP contribution in [-0.4, -0.2) is 19.3 Å². The second-order valence-corrected chi connectivity index (χ2v) is 4.04. The smallest absolute Gasteiger partial charge is 0.255 e. The number of halogens is 1. The van der Waals surface area contributed by atoms with Gasteiger partial charge in [-0.05, 0) is 30.3 Å². The van der Waals surface area contributed by atoms with Crippen molar-refractivity contribution in [3.05, 3.63) is 59.4 Å². The van der Waals surface area contributed by atoms with Crippen LogP contribution in [0, 0.1) is 5.82 Å². The molecule has 0 aliphatic heterocycles. The largest absolute Gasteiger partial charge is 0.497 e. The standard InChI is InChI=1S/C15H12FNO3/c1-20-13-4-2-3-12(8-13)17-15(19)10-5-6-14(16)11(7-10)9-18/h2-9H,1H3,(H,17,19). The van der Waals surface area contributed by atoms with Gasteiger partial charge in [-0.3, -0.25) is 9.59 Å². The van der Waals surface area contributed by atoms with E-state index in [0.717, 1.165) is 6.07 Å². The second-order valence-electron chi connectivity index (χ2n) is 4.04. The number of aldehydes is 1. The third-order valence-corrected chi connectivity index (χ3v) is 2.71. The molecule has 0 aliphatic rings. The Bertz CT molecular complexity index is 655. The zero-order chi connectivity index (χ0) is 14.5. The van der Waals surface area contributed by atoms with Crippen molar-refractivity contribution in [3.63, 3.8) is 0 Å². The fraction of sp³-hybridized carbons (Fsp3) is 0.0667. The highest BCUT2D eigenvalue weighted by molar-refractivity contribution is 6.05. The average Bonchev–Trinajstić information content (AvgIpc) is 2.47. The van der Waals surface area contributed by atoms with E-state index in [-0.39, 0.29) is 11.1 Å². The number of carbonyl (C=O) groups is 2. The van der Waals surface area contributed by atoms with Gasteiger partial charge in [0.05, 0.1) is 12.7 Å². The van der Waals surface area contributed by atoms with Crippen LogP contribution >= 0.6 is 0 Å². The molecule has 0 saturated carbocycles. The first-order chi connectivity index (χ1) is 9.63. The molecule has 2 rings (SSSR count). The van der Waals surface area contributed by atoms with Gasteiger partial charge in [-0.15, -0.1) is 0 Å². The Morgan fingerprint density at radius 3 is 2.75 bits per heavy atom. The van der Waals surface area contributed by atoms with Crippen LogP contribution in [0.15, 0.2) is 42.5 Å². The van der Waals surface area contributed by atoms with Crippen LogP contribution in [0.1, 0.15) is 20.7 Å². The van der Waals surface area contributed by atoms with E-state index in [1.54, 1.807) is 24.3 Å². The highest BCUT2D eigenvalue weighted by Gasteiger charge is 2.10. The second kappa shape index (κ2) is 5.97. The van der Waals surface area contributed by atoms with Gasteiger partial charge in [0.1, 0.15) is 11.6 Å². The predicted molar refractivity (Wildman–Crippen MR) is 72.7 cm³/mol. The monoisotopic (exact) mass is 273 g/mol. The van der Waals surface area contributed by atoms with E-state index < -0.39 is 11.7 Å². The zero-order valence-corrected chi connectivity index (χ0v) is 10.7. The number of nitrogens with one attached hydrogen (secondary N) is 1. The van der Waals surface area contributed by atoms with Gasteiger partial charge in [-0.2, -0.15) is 0 Å².